The molecular formula is C17H15BrN4O2. The van der Waals surface area contributed by atoms with E-state index in [0.29, 0.717) is 12.4 Å². The number of hydrogen-bond donors (Lipinski definition) is 2. The van der Waals surface area contributed by atoms with Crippen molar-refractivity contribution in [3.05, 3.63) is 64.4 Å². The molecule has 2 rings (SSSR count). The molecule has 0 spiro atoms. The number of carbonyl (C=O) groups is 1. The van der Waals surface area contributed by atoms with Gasteiger partial charge in [-0.15, -0.1) is 0 Å². The number of nitrogens with zero attached hydrogens (tertiary/aromatic N) is 2. The lowest BCUT2D eigenvalue weighted by molar-refractivity contribution is -0.117. The Morgan fingerprint density at radius 1 is 1.33 bits per heavy atom. The fraction of sp³-hybridized carbons (Fsp3) is 0.118. The van der Waals surface area contributed by atoms with Crippen LogP contribution in [0.3, 0.4) is 0 Å². The molecule has 0 fully saturated rings. The van der Waals surface area contributed by atoms with Gasteiger partial charge in [0.15, 0.2) is 0 Å². The summed E-state index contributed by atoms with van der Waals surface area (Å²) in [4.78, 5) is 16.1. The van der Waals surface area contributed by atoms with Crippen molar-refractivity contribution in [2.45, 2.75) is 6.54 Å². The number of nitriles is 1. The quantitative estimate of drug-likeness (QED) is 0.588. The van der Waals surface area contributed by atoms with Crippen LogP contribution in [0.25, 0.3) is 0 Å². The van der Waals surface area contributed by atoms with Crippen LogP contribution >= 0.6 is 15.9 Å². The van der Waals surface area contributed by atoms with Crippen molar-refractivity contribution in [3.63, 3.8) is 0 Å². The summed E-state index contributed by atoms with van der Waals surface area (Å²) in [6, 6.07) is 12.7. The molecule has 6 nitrogen and oxygen atoms in total. The third kappa shape index (κ3) is 5.11. The molecule has 1 amide bonds. The van der Waals surface area contributed by atoms with E-state index in [1.54, 1.807) is 25.4 Å². The first-order valence-corrected chi connectivity index (χ1v) is 7.81. The number of nitrogens with one attached hydrogen (secondary N) is 2. The first-order valence-electron chi connectivity index (χ1n) is 7.02. The molecule has 0 radical (unpaired) electrons. The number of benzene rings is 1. The minimum absolute atomic E-state index is 0.0340. The molecule has 1 aromatic heterocycles. The van der Waals surface area contributed by atoms with Gasteiger partial charge in [-0.1, -0.05) is 12.1 Å². The largest absolute Gasteiger partial charge is 0.497 e. The molecule has 2 aromatic rings. The van der Waals surface area contributed by atoms with Crippen LogP contribution < -0.4 is 15.4 Å². The van der Waals surface area contributed by atoms with E-state index in [1.807, 2.05) is 30.3 Å². The zero-order valence-corrected chi connectivity index (χ0v) is 14.5. The molecule has 1 heterocycles. The molecule has 0 saturated heterocycles. The predicted octanol–water partition coefficient (Wildman–Crippen LogP) is 2.99. The SMILES string of the molecule is COc1ccc(CNC(=O)/C(C#N)=C\Nc2ccc(Br)cn2)cc1. The van der Waals surface area contributed by atoms with E-state index in [0.717, 1.165) is 15.8 Å². The Kier molecular flexibility index (Phi) is 6.34. The number of pyridine rings is 1. The number of carbonyl (C=O) groups excluding carboxylic acids is 1. The van der Waals surface area contributed by atoms with Gasteiger partial charge in [-0.3, -0.25) is 4.79 Å². The van der Waals surface area contributed by atoms with Crippen molar-refractivity contribution in [1.29, 1.82) is 5.26 Å². The van der Waals surface area contributed by atoms with E-state index in [-0.39, 0.29) is 5.57 Å². The number of methoxy groups -OCH3 is 1. The minimum atomic E-state index is -0.460. The molecule has 0 saturated carbocycles. The second kappa shape index (κ2) is 8.70. The maximum absolute atomic E-state index is 12.1. The third-order valence-corrected chi connectivity index (χ3v) is 3.54. The molecule has 0 aliphatic rings. The Labute approximate surface area is 148 Å². The Morgan fingerprint density at radius 3 is 2.67 bits per heavy atom. The fourth-order valence-corrected chi connectivity index (χ4v) is 2.01. The average Bonchev–Trinajstić information content (AvgIpc) is 2.62. The number of amides is 1. The van der Waals surface area contributed by atoms with Gasteiger partial charge in [0.05, 0.1) is 7.11 Å². The van der Waals surface area contributed by atoms with Gasteiger partial charge in [0.1, 0.15) is 23.2 Å². The summed E-state index contributed by atoms with van der Waals surface area (Å²) in [5, 5.41) is 14.6. The summed E-state index contributed by atoms with van der Waals surface area (Å²) in [5.41, 5.74) is 0.872. The highest BCUT2D eigenvalue weighted by molar-refractivity contribution is 9.10. The van der Waals surface area contributed by atoms with Crippen LogP contribution in [0.15, 0.2) is 58.8 Å². The van der Waals surface area contributed by atoms with E-state index in [9.17, 15) is 4.79 Å². The highest BCUT2D eigenvalue weighted by Crippen LogP contribution is 2.12. The van der Waals surface area contributed by atoms with Crippen molar-refractivity contribution >= 4 is 27.7 Å². The van der Waals surface area contributed by atoms with E-state index in [2.05, 4.69) is 31.5 Å². The van der Waals surface area contributed by atoms with Crippen LogP contribution in [0.2, 0.25) is 0 Å². The highest BCUT2D eigenvalue weighted by Gasteiger charge is 2.08. The summed E-state index contributed by atoms with van der Waals surface area (Å²) in [6.45, 7) is 0.318. The average molecular weight is 387 g/mol. The van der Waals surface area contributed by atoms with Crippen LogP contribution in [-0.2, 0) is 11.3 Å². The lowest BCUT2D eigenvalue weighted by Crippen LogP contribution is -2.24. The van der Waals surface area contributed by atoms with Crippen molar-refractivity contribution in [2.24, 2.45) is 0 Å². The maximum atomic E-state index is 12.1. The van der Waals surface area contributed by atoms with Gasteiger partial charge in [-0.2, -0.15) is 5.26 Å². The molecule has 2 N–H and O–H groups in total. The minimum Gasteiger partial charge on any atom is -0.497 e. The zero-order chi connectivity index (χ0) is 17.4. The van der Waals surface area contributed by atoms with E-state index < -0.39 is 5.91 Å². The van der Waals surface area contributed by atoms with Gasteiger partial charge < -0.3 is 15.4 Å². The van der Waals surface area contributed by atoms with Crippen LogP contribution in [0.1, 0.15) is 5.56 Å². The number of anilines is 1. The number of rotatable bonds is 6. The first kappa shape index (κ1) is 17.5. The van der Waals surface area contributed by atoms with Gasteiger partial charge in [0, 0.05) is 23.4 Å². The Morgan fingerprint density at radius 2 is 2.08 bits per heavy atom. The molecule has 24 heavy (non-hydrogen) atoms. The first-order chi connectivity index (χ1) is 11.6. The lowest BCUT2D eigenvalue weighted by atomic mass is 10.2. The summed E-state index contributed by atoms with van der Waals surface area (Å²) >= 11 is 3.28. The Balaban J connectivity index is 1.93. The van der Waals surface area contributed by atoms with Crippen molar-refractivity contribution in [2.75, 3.05) is 12.4 Å². The summed E-state index contributed by atoms with van der Waals surface area (Å²) in [5.74, 6) is 0.820. The smallest absolute Gasteiger partial charge is 0.263 e. The Bertz CT molecular complexity index is 765. The van der Waals surface area contributed by atoms with Gasteiger partial charge in [-0.05, 0) is 45.8 Å². The summed E-state index contributed by atoms with van der Waals surface area (Å²) in [7, 11) is 1.59. The van der Waals surface area contributed by atoms with E-state index in [1.165, 1.54) is 6.20 Å². The summed E-state index contributed by atoms with van der Waals surface area (Å²) in [6.07, 6.45) is 2.95. The molecule has 0 aliphatic heterocycles. The molecule has 0 unspecified atom stereocenters. The second-order valence-corrected chi connectivity index (χ2v) is 5.62. The van der Waals surface area contributed by atoms with Crippen LogP contribution in [0, 0.1) is 11.3 Å². The predicted molar refractivity (Wildman–Crippen MR) is 94.1 cm³/mol. The van der Waals surface area contributed by atoms with Crippen molar-refractivity contribution in [1.82, 2.24) is 10.3 Å². The van der Waals surface area contributed by atoms with Crippen molar-refractivity contribution in [3.8, 4) is 11.8 Å². The highest BCUT2D eigenvalue weighted by atomic mass is 79.9. The second-order valence-electron chi connectivity index (χ2n) is 4.71. The number of halogens is 1. The van der Waals surface area contributed by atoms with Crippen LogP contribution in [0.5, 0.6) is 5.75 Å². The fourth-order valence-electron chi connectivity index (χ4n) is 1.78. The molecule has 7 heteroatoms. The Hall–Kier alpha value is -2.85. The number of ether oxygens (including phenoxy) is 1. The van der Waals surface area contributed by atoms with E-state index in [4.69, 9.17) is 10.00 Å². The monoisotopic (exact) mass is 386 g/mol. The lowest BCUT2D eigenvalue weighted by Gasteiger charge is -2.06. The van der Waals surface area contributed by atoms with Gasteiger partial charge in [0.25, 0.3) is 5.91 Å². The third-order valence-electron chi connectivity index (χ3n) is 3.07. The molecule has 0 atom stereocenters. The van der Waals surface area contributed by atoms with Gasteiger partial charge >= 0.3 is 0 Å². The standard InChI is InChI=1S/C17H15BrN4O2/c1-24-15-5-2-12(3-6-15)9-22-17(23)13(8-19)10-20-16-7-4-14(18)11-21-16/h2-7,10-11H,9H2,1H3,(H,20,21)(H,22,23)/b13-10-. The molecule has 0 bridgehead atoms. The molecule has 0 aliphatic carbocycles. The zero-order valence-electron chi connectivity index (χ0n) is 12.9. The van der Waals surface area contributed by atoms with Crippen LogP contribution in [0.4, 0.5) is 5.82 Å². The summed E-state index contributed by atoms with van der Waals surface area (Å²) < 4.78 is 5.92. The molecular weight excluding hydrogens is 372 g/mol. The van der Waals surface area contributed by atoms with Crippen molar-refractivity contribution < 1.29 is 9.53 Å². The number of hydrogen-bond acceptors (Lipinski definition) is 5. The van der Waals surface area contributed by atoms with Gasteiger partial charge in [-0.25, -0.2) is 4.98 Å². The van der Waals surface area contributed by atoms with Gasteiger partial charge in [0.2, 0.25) is 0 Å². The number of aromatic nitrogens is 1. The topological polar surface area (TPSA) is 87.0 Å². The maximum Gasteiger partial charge on any atom is 0.263 e. The molecule has 1 aromatic carbocycles. The molecule has 122 valence electrons. The van der Waals surface area contributed by atoms with E-state index >= 15 is 0 Å². The normalized spacial score (nSPS) is 10.6. The van der Waals surface area contributed by atoms with Crippen LogP contribution in [-0.4, -0.2) is 18.0 Å².